The second-order valence-electron chi connectivity index (χ2n) is 3.01. The van der Waals surface area contributed by atoms with Crippen molar-refractivity contribution in [3.63, 3.8) is 0 Å². The van der Waals surface area contributed by atoms with Gasteiger partial charge in [0.25, 0.3) is 5.56 Å². The van der Waals surface area contributed by atoms with Crippen LogP contribution in [0.15, 0.2) is 41.3 Å². The van der Waals surface area contributed by atoms with Gasteiger partial charge in [-0.25, -0.2) is 0 Å². The van der Waals surface area contributed by atoms with E-state index in [9.17, 15) is 4.79 Å². The topological polar surface area (TPSA) is 55.0 Å². The molecule has 2 heterocycles. The minimum atomic E-state index is -0.199. The van der Waals surface area contributed by atoms with Gasteiger partial charge in [-0.15, -0.1) is 0 Å². The third-order valence-electron chi connectivity index (χ3n) is 1.99. The zero-order valence-electron chi connectivity index (χ0n) is 8.23. The highest BCUT2D eigenvalue weighted by atomic mass is 16.5. The molecule has 0 fully saturated rings. The lowest BCUT2D eigenvalue weighted by Crippen LogP contribution is -2.06. The second-order valence-corrected chi connectivity index (χ2v) is 3.01. The van der Waals surface area contributed by atoms with E-state index >= 15 is 0 Å². The van der Waals surface area contributed by atoms with Crippen LogP contribution in [0.1, 0.15) is 0 Å². The Morgan fingerprint density at radius 1 is 1.33 bits per heavy atom. The van der Waals surface area contributed by atoms with E-state index < -0.39 is 0 Å². The Balaban J connectivity index is 2.54. The van der Waals surface area contributed by atoms with E-state index in [1.807, 2.05) is 18.2 Å². The Kier molecular flexibility index (Phi) is 2.49. The SMILES string of the molecule is COc1cc(-c2ccccn2)[nH]c(=O)c1. The molecule has 0 saturated carbocycles. The highest BCUT2D eigenvalue weighted by Crippen LogP contribution is 2.16. The van der Waals surface area contributed by atoms with Crippen LogP contribution in [0, 0.1) is 0 Å². The molecule has 76 valence electrons. The van der Waals surface area contributed by atoms with Crippen molar-refractivity contribution in [1.29, 1.82) is 0 Å². The number of rotatable bonds is 2. The molecule has 2 rings (SSSR count). The molecule has 2 aromatic heterocycles. The van der Waals surface area contributed by atoms with Gasteiger partial charge in [0.15, 0.2) is 0 Å². The van der Waals surface area contributed by atoms with E-state index in [1.165, 1.54) is 13.2 Å². The van der Waals surface area contributed by atoms with Gasteiger partial charge in [0, 0.05) is 18.3 Å². The fourth-order valence-electron chi connectivity index (χ4n) is 1.30. The number of nitrogens with one attached hydrogen (secondary N) is 1. The monoisotopic (exact) mass is 202 g/mol. The molecular weight excluding hydrogens is 192 g/mol. The summed E-state index contributed by atoms with van der Waals surface area (Å²) in [5.74, 6) is 0.527. The average molecular weight is 202 g/mol. The first-order valence-corrected chi connectivity index (χ1v) is 4.49. The van der Waals surface area contributed by atoms with Crippen molar-refractivity contribution in [1.82, 2.24) is 9.97 Å². The Bertz CT molecular complexity index is 505. The van der Waals surface area contributed by atoms with Crippen molar-refractivity contribution in [3.05, 3.63) is 46.9 Å². The standard InChI is InChI=1S/C11H10N2O2/c1-15-8-6-10(13-11(14)7-8)9-4-2-3-5-12-9/h2-7H,1H3,(H,13,14). The third-order valence-corrected chi connectivity index (χ3v) is 1.99. The lowest BCUT2D eigenvalue weighted by molar-refractivity contribution is 0.414. The molecule has 0 aromatic carbocycles. The van der Waals surface area contributed by atoms with Crippen LogP contribution in [0.3, 0.4) is 0 Å². The maximum Gasteiger partial charge on any atom is 0.252 e. The molecule has 0 unspecified atom stereocenters. The van der Waals surface area contributed by atoms with Crippen LogP contribution in [0.2, 0.25) is 0 Å². The summed E-state index contributed by atoms with van der Waals surface area (Å²) in [7, 11) is 1.52. The highest BCUT2D eigenvalue weighted by Gasteiger charge is 2.02. The van der Waals surface area contributed by atoms with Gasteiger partial charge in [-0.05, 0) is 12.1 Å². The number of methoxy groups -OCH3 is 1. The van der Waals surface area contributed by atoms with Crippen LogP contribution in [-0.4, -0.2) is 17.1 Å². The molecule has 0 atom stereocenters. The van der Waals surface area contributed by atoms with E-state index in [-0.39, 0.29) is 5.56 Å². The van der Waals surface area contributed by atoms with Gasteiger partial charge in [0.1, 0.15) is 5.75 Å². The normalized spacial score (nSPS) is 9.93. The number of pyridine rings is 2. The number of H-pyrrole nitrogens is 1. The number of hydrogen-bond acceptors (Lipinski definition) is 3. The van der Waals surface area contributed by atoms with Gasteiger partial charge < -0.3 is 9.72 Å². The largest absolute Gasteiger partial charge is 0.496 e. The summed E-state index contributed by atoms with van der Waals surface area (Å²) in [5, 5.41) is 0. The first-order chi connectivity index (χ1) is 7.29. The Morgan fingerprint density at radius 3 is 2.87 bits per heavy atom. The molecule has 0 saturated heterocycles. The molecule has 4 nitrogen and oxygen atoms in total. The summed E-state index contributed by atoms with van der Waals surface area (Å²) < 4.78 is 5.01. The Labute approximate surface area is 86.6 Å². The fraction of sp³-hybridized carbons (Fsp3) is 0.0909. The van der Waals surface area contributed by atoms with Gasteiger partial charge in [-0.3, -0.25) is 9.78 Å². The molecule has 4 heteroatoms. The quantitative estimate of drug-likeness (QED) is 0.801. The van der Waals surface area contributed by atoms with Crippen molar-refractivity contribution >= 4 is 0 Å². The van der Waals surface area contributed by atoms with E-state index in [0.717, 1.165) is 0 Å². The van der Waals surface area contributed by atoms with Crippen LogP contribution in [0.5, 0.6) is 5.75 Å². The Hall–Kier alpha value is -2.10. The van der Waals surface area contributed by atoms with Gasteiger partial charge in [0.05, 0.1) is 18.5 Å². The van der Waals surface area contributed by atoms with Crippen molar-refractivity contribution in [3.8, 4) is 17.1 Å². The van der Waals surface area contributed by atoms with Crippen LogP contribution in [0.25, 0.3) is 11.4 Å². The zero-order chi connectivity index (χ0) is 10.7. The van der Waals surface area contributed by atoms with Crippen LogP contribution >= 0.6 is 0 Å². The molecule has 0 aliphatic rings. The summed E-state index contributed by atoms with van der Waals surface area (Å²) >= 11 is 0. The smallest absolute Gasteiger partial charge is 0.252 e. The fourth-order valence-corrected chi connectivity index (χ4v) is 1.30. The number of ether oxygens (including phenoxy) is 1. The van der Waals surface area contributed by atoms with Gasteiger partial charge in [-0.1, -0.05) is 6.07 Å². The molecule has 0 spiro atoms. The van der Waals surface area contributed by atoms with Crippen molar-refractivity contribution in [2.75, 3.05) is 7.11 Å². The van der Waals surface area contributed by atoms with E-state index in [0.29, 0.717) is 17.1 Å². The molecule has 0 aliphatic heterocycles. The number of aromatic nitrogens is 2. The summed E-state index contributed by atoms with van der Waals surface area (Å²) in [5.41, 5.74) is 1.17. The van der Waals surface area contributed by atoms with Crippen molar-refractivity contribution in [2.24, 2.45) is 0 Å². The second kappa shape index (κ2) is 3.96. The molecule has 0 amide bonds. The minimum Gasteiger partial charge on any atom is -0.496 e. The van der Waals surface area contributed by atoms with Gasteiger partial charge in [-0.2, -0.15) is 0 Å². The van der Waals surface area contributed by atoms with Crippen LogP contribution in [-0.2, 0) is 0 Å². The van der Waals surface area contributed by atoms with Gasteiger partial charge >= 0.3 is 0 Å². The molecule has 1 N–H and O–H groups in total. The average Bonchev–Trinajstić information content (AvgIpc) is 2.29. The van der Waals surface area contributed by atoms with Crippen LogP contribution in [0.4, 0.5) is 0 Å². The maximum atomic E-state index is 11.3. The Morgan fingerprint density at radius 2 is 2.20 bits per heavy atom. The molecule has 0 bridgehead atoms. The lowest BCUT2D eigenvalue weighted by Gasteiger charge is -2.02. The molecule has 0 radical (unpaired) electrons. The summed E-state index contributed by atoms with van der Waals surface area (Å²) in [6, 6.07) is 8.64. The molecule has 15 heavy (non-hydrogen) atoms. The summed E-state index contributed by atoms with van der Waals surface area (Å²) in [6.45, 7) is 0. The number of aromatic amines is 1. The number of nitrogens with zero attached hydrogens (tertiary/aromatic N) is 1. The van der Waals surface area contributed by atoms with E-state index in [1.54, 1.807) is 12.3 Å². The molecule has 2 aromatic rings. The van der Waals surface area contributed by atoms with E-state index in [4.69, 9.17) is 4.74 Å². The van der Waals surface area contributed by atoms with Gasteiger partial charge in [0.2, 0.25) is 0 Å². The summed E-state index contributed by atoms with van der Waals surface area (Å²) in [6.07, 6.45) is 1.67. The first-order valence-electron chi connectivity index (χ1n) is 4.49. The van der Waals surface area contributed by atoms with Crippen molar-refractivity contribution < 1.29 is 4.74 Å². The lowest BCUT2D eigenvalue weighted by atomic mass is 10.2. The molecular formula is C11H10N2O2. The maximum absolute atomic E-state index is 11.3. The van der Waals surface area contributed by atoms with Crippen molar-refractivity contribution in [2.45, 2.75) is 0 Å². The summed E-state index contributed by atoms with van der Waals surface area (Å²) in [4.78, 5) is 18.1. The first kappa shape index (κ1) is 9.45. The third kappa shape index (κ3) is 2.04. The van der Waals surface area contributed by atoms with Crippen LogP contribution < -0.4 is 10.3 Å². The zero-order valence-corrected chi connectivity index (χ0v) is 8.23. The minimum absolute atomic E-state index is 0.199. The molecule has 0 aliphatic carbocycles. The number of hydrogen-bond donors (Lipinski definition) is 1. The van der Waals surface area contributed by atoms with E-state index in [2.05, 4.69) is 9.97 Å². The highest BCUT2D eigenvalue weighted by molar-refractivity contribution is 5.55. The predicted molar refractivity (Wildman–Crippen MR) is 56.8 cm³/mol. The predicted octanol–water partition coefficient (Wildman–Crippen LogP) is 1.45.